The first-order valence-corrected chi connectivity index (χ1v) is 6.38. The van der Waals surface area contributed by atoms with Gasteiger partial charge in [-0.2, -0.15) is 0 Å². The molecule has 0 saturated heterocycles. The van der Waals surface area contributed by atoms with E-state index in [0.717, 1.165) is 19.3 Å². The second-order valence-electron chi connectivity index (χ2n) is 5.92. The van der Waals surface area contributed by atoms with Crippen molar-refractivity contribution in [2.45, 2.75) is 52.1 Å². The minimum Gasteiger partial charge on any atom is -0.396 e. The van der Waals surface area contributed by atoms with Crippen LogP contribution < -0.4 is 0 Å². The van der Waals surface area contributed by atoms with E-state index in [-0.39, 0.29) is 6.10 Å². The SMILES string of the molecule is C[C@H](CO)[C@@H]1CC[C@@H]2[C@H](O)CCC[C@]21C. The minimum atomic E-state index is -0.0837. The van der Waals surface area contributed by atoms with Gasteiger partial charge in [0.25, 0.3) is 0 Å². The van der Waals surface area contributed by atoms with Crippen LogP contribution >= 0.6 is 0 Å². The first-order chi connectivity index (χ1) is 7.09. The van der Waals surface area contributed by atoms with Crippen LogP contribution in [-0.4, -0.2) is 22.9 Å². The van der Waals surface area contributed by atoms with Gasteiger partial charge in [-0.25, -0.2) is 0 Å². The Morgan fingerprint density at radius 3 is 2.73 bits per heavy atom. The van der Waals surface area contributed by atoms with Crippen molar-refractivity contribution < 1.29 is 10.2 Å². The Bertz CT molecular complexity index is 229. The van der Waals surface area contributed by atoms with Gasteiger partial charge >= 0.3 is 0 Å². The van der Waals surface area contributed by atoms with Gasteiger partial charge < -0.3 is 10.2 Å². The molecule has 0 spiro atoms. The third-order valence-electron chi connectivity index (χ3n) is 5.14. The van der Waals surface area contributed by atoms with E-state index in [1.54, 1.807) is 0 Å². The van der Waals surface area contributed by atoms with Crippen molar-refractivity contribution in [3.8, 4) is 0 Å². The summed E-state index contributed by atoms with van der Waals surface area (Å²) >= 11 is 0. The summed E-state index contributed by atoms with van der Waals surface area (Å²) in [5.41, 5.74) is 0.291. The summed E-state index contributed by atoms with van der Waals surface area (Å²) in [7, 11) is 0. The van der Waals surface area contributed by atoms with Crippen LogP contribution in [0.15, 0.2) is 0 Å². The van der Waals surface area contributed by atoms with Crippen molar-refractivity contribution in [1.82, 2.24) is 0 Å². The van der Waals surface area contributed by atoms with E-state index in [1.807, 2.05) is 0 Å². The summed E-state index contributed by atoms with van der Waals surface area (Å²) in [5, 5.41) is 19.4. The maximum absolute atomic E-state index is 10.1. The van der Waals surface area contributed by atoms with Crippen molar-refractivity contribution in [3.05, 3.63) is 0 Å². The van der Waals surface area contributed by atoms with Crippen LogP contribution in [0.25, 0.3) is 0 Å². The number of hydrogen-bond donors (Lipinski definition) is 2. The summed E-state index contributed by atoms with van der Waals surface area (Å²) in [6, 6.07) is 0. The van der Waals surface area contributed by atoms with Crippen LogP contribution in [0.5, 0.6) is 0 Å². The van der Waals surface area contributed by atoms with Crippen molar-refractivity contribution in [2.75, 3.05) is 6.61 Å². The number of aliphatic hydroxyl groups is 2. The largest absolute Gasteiger partial charge is 0.396 e. The van der Waals surface area contributed by atoms with Crippen LogP contribution in [0, 0.1) is 23.2 Å². The zero-order chi connectivity index (χ0) is 11.1. The normalized spacial score (nSPS) is 47.6. The molecule has 2 N–H and O–H groups in total. The fourth-order valence-corrected chi connectivity index (χ4v) is 4.25. The van der Waals surface area contributed by atoms with E-state index in [4.69, 9.17) is 0 Å². The van der Waals surface area contributed by atoms with E-state index >= 15 is 0 Å². The first-order valence-electron chi connectivity index (χ1n) is 6.38. The lowest BCUT2D eigenvalue weighted by molar-refractivity contribution is -0.0321. The van der Waals surface area contributed by atoms with Gasteiger partial charge in [-0.15, -0.1) is 0 Å². The Hall–Kier alpha value is -0.0800. The molecule has 0 radical (unpaired) electrons. The highest BCUT2D eigenvalue weighted by Crippen LogP contribution is 2.57. The maximum atomic E-state index is 10.1. The molecule has 0 unspecified atom stereocenters. The maximum Gasteiger partial charge on any atom is 0.0573 e. The summed E-state index contributed by atoms with van der Waals surface area (Å²) in [4.78, 5) is 0. The molecule has 2 fully saturated rings. The Labute approximate surface area is 92.7 Å². The average molecular weight is 212 g/mol. The van der Waals surface area contributed by atoms with Gasteiger partial charge in [0.05, 0.1) is 6.10 Å². The molecule has 0 aromatic heterocycles. The molecule has 2 nitrogen and oxygen atoms in total. The molecule has 2 aliphatic rings. The van der Waals surface area contributed by atoms with E-state index in [2.05, 4.69) is 13.8 Å². The van der Waals surface area contributed by atoms with Crippen molar-refractivity contribution in [3.63, 3.8) is 0 Å². The average Bonchev–Trinajstić information content (AvgIpc) is 2.56. The van der Waals surface area contributed by atoms with E-state index < -0.39 is 0 Å². The summed E-state index contributed by atoms with van der Waals surface area (Å²) in [6.07, 6.45) is 5.65. The second-order valence-corrected chi connectivity index (χ2v) is 5.92. The Morgan fingerprint density at radius 1 is 1.33 bits per heavy atom. The quantitative estimate of drug-likeness (QED) is 0.736. The van der Waals surface area contributed by atoms with Gasteiger partial charge in [0.15, 0.2) is 0 Å². The van der Waals surface area contributed by atoms with E-state index in [0.29, 0.717) is 29.8 Å². The lowest BCUT2D eigenvalue weighted by atomic mass is 9.62. The molecule has 0 bridgehead atoms. The topological polar surface area (TPSA) is 40.5 Å². The predicted molar refractivity (Wildman–Crippen MR) is 60.4 cm³/mol. The highest BCUT2D eigenvalue weighted by Gasteiger charge is 2.51. The lowest BCUT2D eigenvalue weighted by Crippen LogP contribution is -2.41. The van der Waals surface area contributed by atoms with Gasteiger partial charge in [-0.3, -0.25) is 0 Å². The molecule has 2 rings (SSSR count). The molecular weight excluding hydrogens is 188 g/mol. The van der Waals surface area contributed by atoms with Crippen LogP contribution in [0.1, 0.15) is 46.0 Å². The number of rotatable bonds is 2. The van der Waals surface area contributed by atoms with Gasteiger partial charge in [-0.1, -0.05) is 20.3 Å². The fraction of sp³-hybridized carbons (Fsp3) is 1.00. The molecule has 0 aromatic rings. The highest BCUT2D eigenvalue weighted by atomic mass is 16.3. The molecule has 15 heavy (non-hydrogen) atoms. The summed E-state index contributed by atoms with van der Waals surface area (Å²) in [6.45, 7) is 4.78. The Balaban J connectivity index is 2.17. The third kappa shape index (κ3) is 1.72. The van der Waals surface area contributed by atoms with Gasteiger partial charge in [0.2, 0.25) is 0 Å². The zero-order valence-corrected chi connectivity index (χ0v) is 9.95. The molecule has 0 aliphatic heterocycles. The third-order valence-corrected chi connectivity index (χ3v) is 5.14. The molecular formula is C13H24O2. The zero-order valence-electron chi connectivity index (χ0n) is 9.95. The molecule has 2 saturated carbocycles. The van der Waals surface area contributed by atoms with Crippen molar-refractivity contribution >= 4 is 0 Å². The monoisotopic (exact) mass is 212 g/mol. The standard InChI is InChI=1S/C13H24O2/c1-9(8-14)10-5-6-11-12(15)4-3-7-13(10,11)2/h9-12,14-15H,3-8H2,1-2H3/t9-,10+,11-,12-,13+/m1/s1. The molecule has 88 valence electrons. The Morgan fingerprint density at radius 2 is 2.07 bits per heavy atom. The van der Waals surface area contributed by atoms with Crippen molar-refractivity contribution in [2.24, 2.45) is 23.2 Å². The summed E-state index contributed by atoms with van der Waals surface area (Å²) < 4.78 is 0. The second kappa shape index (κ2) is 4.06. The van der Waals surface area contributed by atoms with Crippen LogP contribution in [-0.2, 0) is 0 Å². The number of fused-ring (bicyclic) bond motifs is 1. The smallest absolute Gasteiger partial charge is 0.0573 e. The highest BCUT2D eigenvalue weighted by molar-refractivity contribution is 5.01. The predicted octanol–water partition coefficient (Wildman–Crippen LogP) is 2.19. The molecule has 2 heteroatoms. The molecule has 0 amide bonds. The van der Waals surface area contributed by atoms with Gasteiger partial charge in [0.1, 0.15) is 0 Å². The molecule has 2 aliphatic carbocycles. The molecule has 0 heterocycles. The minimum absolute atomic E-state index is 0.0837. The van der Waals surface area contributed by atoms with Crippen LogP contribution in [0.4, 0.5) is 0 Å². The first kappa shape index (κ1) is 11.4. The van der Waals surface area contributed by atoms with Crippen molar-refractivity contribution in [1.29, 1.82) is 0 Å². The number of hydrogen-bond acceptors (Lipinski definition) is 2. The summed E-state index contributed by atoms with van der Waals surface area (Å²) in [5.74, 6) is 1.50. The molecule has 5 atom stereocenters. The Kier molecular flexibility index (Phi) is 3.09. The van der Waals surface area contributed by atoms with Gasteiger partial charge in [0, 0.05) is 6.61 Å². The van der Waals surface area contributed by atoms with Gasteiger partial charge in [-0.05, 0) is 48.9 Å². The fourth-order valence-electron chi connectivity index (χ4n) is 4.25. The number of aliphatic hydroxyl groups excluding tert-OH is 2. The lowest BCUT2D eigenvalue weighted by Gasteiger charge is -2.45. The van der Waals surface area contributed by atoms with E-state index in [9.17, 15) is 10.2 Å². The van der Waals surface area contributed by atoms with Crippen LogP contribution in [0.3, 0.4) is 0 Å². The van der Waals surface area contributed by atoms with E-state index in [1.165, 1.54) is 12.8 Å². The molecule has 0 aromatic carbocycles. The van der Waals surface area contributed by atoms with Crippen LogP contribution in [0.2, 0.25) is 0 Å².